The molecule has 11 heavy (non-hydrogen) atoms. The van der Waals surface area contributed by atoms with Gasteiger partial charge in [-0.2, -0.15) is 0 Å². The van der Waals surface area contributed by atoms with Crippen molar-refractivity contribution >= 4 is 22.6 Å². The van der Waals surface area contributed by atoms with E-state index in [0.717, 1.165) is 0 Å². The highest BCUT2D eigenvalue weighted by molar-refractivity contribution is 14.1. The summed E-state index contributed by atoms with van der Waals surface area (Å²) in [6, 6.07) is 9.43. The summed E-state index contributed by atoms with van der Waals surface area (Å²) >= 11 is 2.29. The van der Waals surface area contributed by atoms with Crippen molar-refractivity contribution in [2.45, 2.75) is 26.2 Å². The van der Waals surface area contributed by atoms with E-state index in [-0.39, 0.29) is 5.41 Å². The van der Waals surface area contributed by atoms with E-state index in [4.69, 9.17) is 0 Å². The van der Waals surface area contributed by atoms with Crippen molar-refractivity contribution in [1.29, 1.82) is 0 Å². The third kappa shape index (κ3) is 2.47. The molecule has 1 radical (unpaired) electrons. The molecule has 0 nitrogen and oxygen atoms in total. The number of rotatable bonds is 0. The molecule has 0 aliphatic heterocycles. The van der Waals surface area contributed by atoms with Gasteiger partial charge in [-0.25, -0.2) is 0 Å². The SMILES string of the molecule is CC(C)(C)c1cc[c]c(I)c1. The Labute approximate surface area is 82.2 Å². The van der Waals surface area contributed by atoms with E-state index >= 15 is 0 Å². The first kappa shape index (κ1) is 9.04. The molecule has 0 saturated heterocycles. The lowest BCUT2D eigenvalue weighted by molar-refractivity contribution is 0.590. The van der Waals surface area contributed by atoms with Gasteiger partial charge in [-0.1, -0.05) is 32.9 Å². The van der Waals surface area contributed by atoms with E-state index in [2.05, 4.69) is 61.6 Å². The second kappa shape index (κ2) is 3.13. The fourth-order valence-corrected chi connectivity index (χ4v) is 1.42. The molecular weight excluding hydrogens is 247 g/mol. The van der Waals surface area contributed by atoms with Gasteiger partial charge in [-0.15, -0.1) is 0 Å². The maximum atomic E-state index is 3.13. The lowest BCUT2D eigenvalue weighted by Crippen LogP contribution is -2.10. The van der Waals surface area contributed by atoms with Crippen molar-refractivity contribution in [3.05, 3.63) is 33.4 Å². The van der Waals surface area contributed by atoms with Gasteiger partial charge in [-0.05, 0) is 45.7 Å². The molecule has 1 rings (SSSR count). The predicted molar refractivity (Wildman–Crippen MR) is 56.7 cm³/mol. The molecule has 1 aromatic rings. The van der Waals surface area contributed by atoms with Gasteiger partial charge in [-0.3, -0.25) is 0 Å². The third-order valence-electron chi connectivity index (χ3n) is 1.63. The van der Waals surface area contributed by atoms with Gasteiger partial charge < -0.3 is 0 Å². The minimum atomic E-state index is 0.259. The van der Waals surface area contributed by atoms with E-state index in [1.165, 1.54) is 9.13 Å². The highest BCUT2D eigenvalue weighted by atomic mass is 127. The van der Waals surface area contributed by atoms with E-state index < -0.39 is 0 Å². The van der Waals surface area contributed by atoms with Crippen LogP contribution < -0.4 is 0 Å². The number of halogens is 1. The first-order valence-corrected chi connectivity index (χ1v) is 4.76. The Morgan fingerprint density at radius 2 is 2.00 bits per heavy atom. The van der Waals surface area contributed by atoms with E-state index in [1.807, 2.05) is 6.07 Å². The van der Waals surface area contributed by atoms with Gasteiger partial charge in [0.25, 0.3) is 0 Å². The first-order chi connectivity index (χ1) is 5.00. The summed E-state index contributed by atoms with van der Waals surface area (Å²) in [5.41, 5.74) is 1.63. The molecule has 1 aromatic carbocycles. The molecule has 0 aromatic heterocycles. The molecular formula is C10H12I. The molecule has 0 spiro atoms. The number of hydrogen-bond acceptors (Lipinski definition) is 0. The Balaban J connectivity index is 3.06. The minimum Gasteiger partial charge on any atom is -0.0578 e. The van der Waals surface area contributed by atoms with Crippen LogP contribution in [0.4, 0.5) is 0 Å². The Bertz CT molecular complexity index is 245. The third-order valence-corrected chi connectivity index (χ3v) is 2.26. The second-order valence-corrected chi connectivity index (χ2v) is 4.84. The van der Waals surface area contributed by atoms with Gasteiger partial charge >= 0.3 is 0 Å². The molecule has 0 aliphatic rings. The molecule has 0 unspecified atom stereocenters. The molecule has 0 bridgehead atoms. The standard InChI is InChI=1S/C10H12I/c1-10(2,3)8-5-4-6-9(11)7-8/h4-5,7H,1-3H3. The van der Waals surface area contributed by atoms with Crippen LogP contribution in [-0.2, 0) is 5.41 Å². The average molecular weight is 259 g/mol. The molecule has 0 atom stereocenters. The molecule has 59 valence electrons. The maximum absolute atomic E-state index is 3.13. The smallest absolute Gasteiger partial charge is 0.0212 e. The van der Waals surface area contributed by atoms with Gasteiger partial charge in [0.15, 0.2) is 0 Å². The van der Waals surface area contributed by atoms with E-state index in [9.17, 15) is 0 Å². The summed E-state index contributed by atoms with van der Waals surface area (Å²) in [5.74, 6) is 0. The van der Waals surface area contributed by atoms with Crippen molar-refractivity contribution < 1.29 is 0 Å². The molecule has 0 fully saturated rings. The zero-order valence-corrected chi connectivity index (χ0v) is 9.27. The van der Waals surface area contributed by atoms with Crippen molar-refractivity contribution in [2.24, 2.45) is 0 Å². The summed E-state index contributed by atoms with van der Waals surface area (Å²) in [6.45, 7) is 6.66. The van der Waals surface area contributed by atoms with Crippen molar-refractivity contribution in [3.63, 3.8) is 0 Å². The van der Waals surface area contributed by atoms with Gasteiger partial charge in [0.05, 0.1) is 0 Å². The lowest BCUT2D eigenvalue weighted by Gasteiger charge is -2.18. The van der Waals surface area contributed by atoms with Gasteiger partial charge in [0.1, 0.15) is 0 Å². The summed E-state index contributed by atoms with van der Waals surface area (Å²) in [4.78, 5) is 0. The van der Waals surface area contributed by atoms with Crippen LogP contribution in [0.5, 0.6) is 0 Å². The Morgan fingerprint density at radius 1 is 1.36 bits per heavy atom. The minimum absolute atomic E-state index is 0.259. The summed E-state index contributed by atoms with van der Waals surface area (Å²) in [6.07, 6.45) is 0. The van der Waals surface area contributed by atoms with Crippen molar-refractivity contribution in [2.75, 3.05) is 0 Å². The van der Waals surface area contributed by atoms with Crippen LogP contribution >= 0.6 is 22.6 Å². The Kier molecular flexibility index (Phi) is 2.58. The monoisotopic (exact) mass is 259 g/mol. The predicted octanol–water partition coefficient (Wildman–Crippen LogP) is 3.39. The highest BCUT2D eigenvalue weighted by Gasteiger charge is 2.12. The van der Waals surface area contributed by atoms with Crippen molar-refractivity contribution in [3.8, 4) is 0 Å². The zero-order valence-electron chi connectivity index (χ0n) is 7.11. The first-order valence-electron chi connectivity index (χ1n) is 3.68. The molecule has 0 N–H and O–H groups in total. The summed E-state index contributed by atoms with van der Waals surface area (Å²) < 4.78 is 1.19. The van der Waals surface area contributed by atoms with Crippen LogP contribution in [0, 0.1) is 9.64 Å². The molecule has 0 aliphatic carbocycles. The fourth-order valence-electron chi connectivity index (χ4n) is 0.904. The summed E-state index contributed by atoms with van der Waals surface area (Å²) in [7, 11) is 0. The van der Waals surface area contributed by atoms with Crippen LogP contribution in [0.3, 0.4) is 0 Å². The fraction of sp³-hybridized carbons (Fsp3) is 0.400. The second-order valence-electron chi connectivity index (χ2n) is 3.68. The molecule has 0 saturated carbocycles. The van der Waals surface area contributed by atoms with Crippen LogP contribution in [0.2, 0.25) is 0 Å². The number of benzene rings is 1. The van der Waals surface area contributed by atoms with Crippen LogP contribution in [-0.4, -0.2) is 0 Å². The Morgan fingerprint density at radius 3 is 2.36 bits per heavy atom. The highest BCUT2D eigenvalue weighted by Crippen LogP contribution is 2.22. The Hall–Kier alpha value is -0.0500. The quantitative estimate of drug-likeness (QED) is 0.626. The van der Waals surface area contributed by atoms with Crippen LogP contribution in [0.15, 0.2) is 18.2 Å². The normalized spacial score (nSPS) is 11.6. The molecule has 0 amide bonds. The topological polar surface area (TPSA) is 0 Å². The van der Waals surface area contributed by atoms with Gasteiger partial charge in [0, 0.05) is 3.57 Å². The largest absolute Gasteiger partial charge is 0.0578 e. The zero-order chi connectivity index (χ0) is 8.48. The maximum Gasteiger partial charge on any atom is 0.0212 e. The van der Waals surface area contributed by atoms with Crippen LogP contribution in [0.1, 0.15) is 26.3 Å². The lowest BCUT2D eigenvalue weighted by atomic mass is 9.87. The molecule has 1 heteroatoms. The molecule has 0 heterocycles. The average Bonchev–Trinajstić information content (AvgIpc) is 1.86. The summed E-state index contributed by atoms with van der Waals surface area (Å²) in [5, 5.41) is 0. The van der Waals surface area contributed by atoms with Crippen LogP contribution in [0.25, 0.3) is 0 Å². The number of hydrogen-bond donors (Lipinski definition) is 0. The van der Waals surface area contributed by atoms with E-state index in [0.29, 0.717) is 0 Å². The van der Waals surface area contributed by atoms with Gasteiger partial charge in [0.2, 0.25) is 0 Å². The van der Waals surface area contributed by atoms with E-state index in [1.54, 1.807) is 0 Å². The van der Waals surface area contributed by atoms with Crippen molar-refractivity contribution in [1.82, 2.24) is 0 Å².